The second kappa shape index (κ2) is 9.45. The SMILES string of the molecule is COc1ccc([C@@H]2CC(=O)N(CC(=O)Nc3ccc(Cl)cc3)c3ccccc3S2)cc1. The molecule has 0 unspecified atom stereocenters. The average molecular weight is 453 g/mol. The molecule has 2 amide bonds. The standard InChI is InChI=1S/C24H21ClN2O3S/c1-30-19-12-6-16(7-13-19)22-14-24(29)27(20-4-2-3-5-21(20)31-22)15-23(28)26-18-10-8-17(25)9-11-18/h2-13,22H,14-15H2,1H3,(H,26,28)/t22-/m0/s1. The van der Waals surface area contributed by atoms with Gasteiger partial charge >= 0.3 is 0 Å². The zero-order valence-corrected chi connectivity index (χ0v) is 18.5. The Labute approximate surface area is 190 Å². The normalized spacial score (nSPS) is 15.7. The van der Waals surface area contributed by atoms with E-state index in [0.717, 1.165) is 21.9 Å². The van der Waals surface area contributed by atoms with Gasteiger partial charge in [-0.2, -0.15) is 0 Å². The molecule has 1 N–H and O–H groups in total. The van der Waals surface area contributed by atoms with Gasteiger partial charge in [-0.3, -0.25) is 9.59 Å². The number of rotatable bonds is 5. The molecule has 0 saturated heterocycles. The maximum Gasteiger partial charge on any atom is 0.244 e. The van der Waals surface area contributed by atoms with Crippen LogP contribution in [0.25, 0.3) is 0 Å². The summed E-state index contributed by atoms with van der Waals surface area (Å²) in [6, 6.07) is 22.3. The van der Waals surface area contributed by atoms with E-state index < -0.39 is 0 Å². The molecule has 0 spiro atoms. The molecule has 31 heavy (non-hydrogen) atoms. The van der Waals surface area contributed by atoms with Gasteiger partial charge in [-0.15, -0.1) is 11.8 Å². The lowest BCUT2D eigenvalue weighted by molar-refractivity contribution is -0.121. The predicted octanol–water partition coefficient (Wildman–Crippen LogP) is 5.56. The molecule has 0 aliphatic carbocycles. The molecule has 1 atom stereocenters. The number of carbonyl (C=O) groups excluding carboxylic acids is 2. The summed E-state index contributed by atoms with van der Waals surface area (Å²) in [5.41, 5.74) is 2.43. The fourth-order valence-electron chi connectivity index (χ4n) is 3.43. The Morgan fingerprint density at radius 2 is 1.81 bits per heavy atom. The van der Waals surface area contributed by atoms with Crippen LogP contribution in [0.1, 0.15) is 17.2 Å². The third-order valence-corrected chi connectivity index (χ3v) is 6.58. The Morgan fingerprint density at radius 3 is 2.52 bits per heavy atom. The number of fused-ring (bicyclic) bond motifs is 1. The molecule has 1 heterocycles. The van der Waals surface area contributed by atoms with Crippen molar-refractivity contribution in [3.05, 3.63) is 83.4 Å². The predicted molar refractivity (Wildman–Crippen MR) is 125 cm³/mol. The minimum atomic E-state index is -0.265. The number of para-hydroxylation sites is 1. The molecular weight excluding hydrogens is 432 g/mol. The number of amides is 2. The van der Waals surface area contributed by atoms with Crippen LogP contribution in [0.2, 0.25) is 5.02 Å². The van der Waals surface area contributed by atoms with Gasteiger partial charge in [0.05, 0.1) is 12.8 Å². The highest BCUT2D eigenvalue weighted by molar-refractivity contribution is 7.99. The van der Waals surface area contributed by atoms with Crippen molar-refractivity contribution in [1.29, 1.82) is 0 Å². The number of carbonyl (C=O) groups is 2. The van der Waals surface area contributed by atoms with Crippen molar-refractivity contribution in [3.8, 4) is 5.75 Å². The number of anilines is 2. The maximum atomic E-state index is 13.2. The van der Waals surface area contributed by atoms with Crippen LogP contribution in [-0.4, -0.2) is 25.5 Å². The number of hydrogen-bond acceptors (Lipinski definition) is 4. The van der Waals surface area contributed by atoms with Crippen LogP contribution in [-0.2, 0) is 9.59 Å². The van der Waals surface area contributed by atoms with E-state index in [4.69, 9.17) is 16.3 Å². The van der Waals surface area contributed by atoms with Crippen LogP contribution in [0.3, 0.4) is 0 Å². The summed E-state index contributed by atoms with van der Waals surface area (Å²) >= 11 is 7.54. The molecule has 0 bridgehead atoms. The summed E-state index contributed by atoms with van der Waals surface area (Å²) in [7, 11) is 1.63. The second-order valence-electron chi connectivity index (χ2n) is 7.09. The molecule has 0 saturated carbocycles. The van der Waals surface area contributed by atoms with Crippen LogP contribution in [0.5, 0.6) is 5.75 Å². The smallest absolute Gasteiger partial charge is 0.244 e. The van der Waals surface area contributed by atoms with Crippen LogP contribution >= 0.6 is 23.4 Å². The van der Waals surface area contributed by atoms with Crippen molar-refractivity contribution in [3.63, 3.8) is 0 Å². The van der Waals surface area contributed by atoms with Crippen molar-refractivity contribution in [2.45, 2.75) is 16.6 Å². The number of thioether (sulfide) groups is 1. The van der Waals surface area contributed by atoms with Gasteiger partial charge in [0.2, 0.25) is 11.8 Å². The monoisotopic (exact) mass is 452 g/mol. The highest BCUT2D eigenvalue weighted by Gasteiger charge is 2.30. The third-order valence-electron chi connectivity index (χ3n) is 5.00. The minimum absolute atomic E-state index is 0.0520. The topological polar surface area (TPSA) is 58.6 Å². The first kappa shape index (κ1) is 21.3. The summed E-state index contributed by atoms with van der Waals surface area (Å²) in [4.78, 5) is 28.4. The quantitative estimate of drug-likeness (QED) is 0.550. The van der Waals surface area contributed by atoms with Crippen molar-refractivity contribution >= 4 is 46.6 Å². The van der Waals surface area contributed by atoms with Crippen molar-refractivity contribution in [1.82, 2.24) is 0 Å². The van der Waals surface area contributed by atoms with Crippen LogP contribution < -0.4 is 15.0 Å². The van der Waals surface area contributed by atoms with E-state index in [2.05, 4.69) is 5.32 Å². The number of benzene rings is 3. The van der Waals surface area contributed by atoms with Crippen molar-refractivity contribution in [2.75, 3.05) is 23.9 Å². The molecule has 1 aliphatic rings. The molecule has 0 fully saturated rings. The van der Waals surface area contributed by atoms with E-state index in [-0.39, 0.29) is 23.6 Å². The first-order valence-electron chi connectivity index (χ1n) is 9.79. The van der Waals surface area contributed by atoms with Gasteiger partial charge in [-0.1, -0.05) is 35.9 Å². The Hall–Kier alpha value is -2.96. The first-order chi connectivity index (χ1) is 15.0. The average Bonchev–Trinajstić information content (AvgIpc) is 2.92. The fourth-order valence-corrected chi connectivity index (χ4v) is 4.84. The molecule has 3 aromatic rings. The molecule has 0 aromatic heterocycles. The molecule has 158 valence electrons. The van der Waals surface area contributed by atoms with Crippen LogP contribution in [0.4, 0.5) is 11.4 Å². The zero-order valence-electron chi connectivity index (χ0n) is 16.9. The van der Waals surface area contributed by atoms with E-state index in [9.17, 15) is 9.59 Å². The number of ether oxygens (including phenoxy) is 1. The Bertz CT molecular complexity index is 1090. The van der Waals surface area contributed by atoms with Crippen molar-refractivity contribution in [2.24, 2.45) is 0 Å². The van der Waals surface area contributed by atoms with E-state index in [1.54, 1.807) is 48.0 Å². The van der Waals surface area contributed by atoms with Gasteiger partial charge in [0, 0.05) is 27.3 Å². The van der Waals surface area contributed by atoms with Crippen LogP contribution in [0, 0.1) is 0 Å². The van der Waals surface area contributed by atoms with Gasteiger partial charge < -0.3 is 15.0 Å². The fraction of sp³-hybridized carbons (Fsp3) is 0.167. The molecule has 7 heteroatoms. The molecule has 5 nitrogen and oxygen atoms in total. The number of nitrogens with zero attached hydrogens (tertiary/aromatic N) is 1. The minimum Gasteiger partial charge on any atom is -0.497 e. The van der Waals surface area contributed by atoms with Gasteiger partial charge in [0.1, 0.15) is 12.3 Å². The Kier molecular flexibility index (Phi) is 6.49. The van der Waals surface area contributed by atoms with E-state index >= 15 is 0 Å². The van der Waals surface area contributed by atoms with E-state index in [0.29, 0.717) is 17.1 Å². The highest BCUT2D eigenvalue weighted by atomic mass is 35.5. The van der Waals surface area contributed by atoms with Gasteiger partial charge in [-0.05, 0) is 54.1 Å². The lowest BCUT2D eigenvalue weighted by atomic mass is 10.1. The third kappa shape index (κ3) is 5.03. The molecule has 4 rings (SSSR count). The zero-order chi connectivity index (χ0) is 21.8. The summed E-state index contributed by atoms with van der Waals surface area (Å²) < 4.78 is 5.24. The summed E-state index contributed by atoms with van der Waals surface area (Å²) in [5, 5.41) is 3.37. The highest BCUT2D eigenvalue weighted by Crippen LogP contribution is 2.45. The van der Waals surface area contributed by atoms with Crippen LogP contribution in [0.15, 0.2) is 77.7 Å². The van der Waals surface area contributed by atoms with Gasteiger partial charge in [0.25, 0.3) is 0 Å². The van der Waals surface area contributed by atoms with E-state index in [1.165, 1.54) is 0 Å². The molecule has 0 radical (unpaired) electrons. The number of methoxy groups -OCH3 is 1. The summed E-state index contributed by atoms with van der Waals surface area (Å²) in [6.07, 6.45) is 0.292. The van der Waals surface area contributed by atoms with Gasteiger partial charge in [0.15, 0.2) is 0 Å². The largest absolute Gasteiger partial charge is 0.497 e. The number of nitrogens with one attached hydrogen (secondary N) is 1. The molecule has 3 aromatic carbocycles. The lowest BCUT2D eigenvalue weighted by Crippen LogP contribution is -2.38. The second-order valence-corrected chi connectivity index (χ2v) is 8.77. The van der Waals surface area contributed by atoms with Crippen molar-refractivity contribution < 1.29 is 14.3 Å². The summed E-state index contributed by atoms with van der Waals surface area (Å²) in [5.74, 6) is 0.414. The Balaban J connectivity index is 1.56. The lowest BCUT2D eigenvalue weighted by Gasteiger charge is -2.22. The molecule has 1 aliphatic heterocycles. The summed E-state index contributed by atoms with van der Waals surface area (Å²) in [6.45, 7) is -0.0611. The van der Waals surface area contributed by atoms with Gasteiger partial charge in [-0.25, -0.2) is 0 Å². The number of hydrogen-bond donors (Lipinski definition) is 1. The maximum absolute atomic E-state index is 13.2. The molecular formula is C24H21ClN2O3S. The van der Waals surface area contributed by atoms with E-state index in [1.807, 2.05) is 48.5 Å². The number of halogens is 1. The Morgan fingerprint density at radius 1 is 1.10 bits per heavy atom. The first-order valence-corrected chi connectivity index (χ1v) is 11.0.